The molecule has 0 bridgehead atoms. The minimum absolute atomic E-state index is 0.198. The summed E-state index contributed by atoms with van der Waals surface area (Å²) >= 11 is 1.50. The molecule has 0 spiro atoms. The summed E-state index contributed by atoms with van der Waals surface area (Å²) in [4.78, 5) is 23.6. The van der Waals surface area contributed by atoms with Crippen molar-refractivity contribution in [1.29, 1.82) is 0 Å². The van der Waals surface area contributed by atoms with Gasteiger partial charge in [0.15, 0.2) is 11.0 Å². The van der Waals surface area contributed by atoms with E-state index in [1.54, 1.807) is 26.4 Å². The SMILES string of the molecule is CCCCn1c(SCC2=NC(=O)C3=CC(OC)C(OC)=CC3=N2)nnc1C(CC)N(C)C. The highest BCUT2D eigenvalue weighted by Crippen LogP contribution is 2.27. The fourth-order valence-electron chi connectivity index (χ4n) is 3.74. The van der Waals surface area contributed by atoms with E-state index in [0.29, 0.717) is 28.6 Å². The summed E-state index contributed by atoms with van der Waals surface area (Å²) in [6, 6.07) is 0.198. The Balaban J connectivity index is 1.81. The van der Waals surface area contributed by atoms with E-state index >= 15 is 0 Å². The molecule has 2 unspecified atom stereocenters. The van der Waals surface area contributed by atoms with E-state index in [4.69, 9.17) is 9.47 Å². The van der Waals surface area contributed by atoms with Crippen LogP contribution in [0.5, 0.6) is 0 Å². The third-order valence-electron chi connectivity index (χ3n) is 5.47. The molecule has 1 aliphatic heterocycles. The van der Waals surface area contributed by atoms with Crippen LogP contribution in [-0.2, 0) is 20.8 Å². The number of amidine groups is 1. The van der Waals surface area contributed by atoms with Gasteiger partial charge >= 0.3 is 0 Å². The largest absolute Gasteiger partial charge is 0.498 e. The third kappa shape index (κ3) is 5.19. The van der Waals surface area contributed by atoms with Crippen LogP contribution >= 0.6 is 11.8 Å². The molecule has 0 radical (unpaired) electrons. The highest BCUT2D eigenvalue weighted by molar-refractivity contribution is 7.99. The zero-order chi connectivity index (χ0) is 23.3. The standard InChI is InChI=1S/C22H32N6O3S/c1-7-9-10-28-20(16(8-2)27(3)4)25-26-22(28)32-13-19-23-15-12-18(31-6)17(30-5)11-14(15)21(29)24-19/h11-12,16-17H,7-10,13H2,1-6H3. The van der Waals surface area contributed by atoms with Crippen molar-refractivity contribution in [2.24, 2.45) is 9.98 Å². The first-order chi connectivity index (χ1) is 15.4. The Morgan fingerprint density at radius 1 is 1.22 bits per heavy atom. The Bertz CT molecular complexity index is 963. The minimum Gasteiger partial charge on any atom is -0.498 e. The van der Waals surface area contributed by atoms with Gasteiger partial charge in [-0.1, -0.05) is 32.0 Å². The molecule has 3 rings (SSSR count). The maximum absolute atomic E-state index is 12.6. The molecule has 1 amide bonds. The summed E-state index contributed by atoms with van der Waals surface area (Å²) in [5.41, 5.74) is 0.995. The number of allylic oxidation sites excluding steroid dienone is 1. The molecule has 1 aromatic rings. The zero-order valence-corrected chi connectivity index (χ0v) is 20.5. The van der Waals surface area contributed by atoms with Gasteiger partial charge in [-0.05, 0) is 33.0 Å². The van der Waals surface area contributed by atoms with Gasteiger partial charge in [0.05, 0.1) is 30.2 Å². The van der Waals surface area contributed by atoms with Crippen LogP contribution in [0.15, 0.2) is 38.6 Å². The summed E-state index contributed by atoms with van der Waals surface area (Å²) in [5, 5.41) is 9.78. The van der Waals surface area contributed by atoms with Crippen LogP contribution in [0.3, 0.4) is 0 Å². The number of aliphatic imine (C=N–C) groups is 2. The third-order valence-corrected chi connectivity index (χ3v) is 6.44. The Hall–Kier alpha value is -2.30. The second-order valence-corrected chi connectivity index (χ2v) is 8.78. The Morgan fingerprint density at radius 3 is 2.62 bits per heavy atom. The van der Waals surface area contributed by atoms with Gasteiger partial charge in [0.25, 0.3) is 5.91 Å². The van der Waals surface area contributed by atoms with Crippen LogP contribution in [0.1, 0.15) is 45.0 Å². The molecule has 32 heavy (non-hydrogen) atoms. The molecule has 0 saturated heterocycles. The maximum atomic E-state index is 12.6. The van der Waals surface area contributed by atoms with Crippen molar-refractivity contribution in [1.82, 2.24) is 19.7 Å². The van der Waals surface area contributed by atoms with E-state index in [1.807, 2.05) is 0 Å². The van der Waals surface area contributed by atoms with E-state index in [9.17, 15) is 4.79 Å². The lowest BCUT2D eigenvalue weighted by molar-refractivity contribution is -0.114. The lowest BCUT2D eigenvalue weighted by Crippen LogP contribution is -2.27. The number of hydrogen-bond acceptors (Lipinski definition) is 8. The van der Waals surface area contributed by atoms with Crippen LogP contribution in [-0.4, -0.2) is 77.3 Å². The second-order valence-electron chi connectivity index (χ2n) is 7.84. The van der Waals surface area contributed by atoms with Crippen molar-refractivity contribution in [2.75, 3.05) is 34.1 Å². The van der Waals surface area contributed by atoms with Gasteiger partial charge in [-0.3, -0.25) is 9.69 Å². The van der Waals surface area contributed by atoms with Crippen LogP contribution in [0.2, 0.25) is 0 Å². The van der Waals surface area contributed by atoms with Gasteiger partial charge < -0.3 is 14.0 Å². The first-order valence-electron chi connectivity index (χ1n) is 10.9. The molecular weight excluding hydrogens is 428 g/mol. The van der Waals surface area contributed by atoms with Gasteiger partial charge in [0.2, 0.25) is 0 Å². The summed E-state index contributed by atoms with van der Waals surface area (Å²) in [7, 11) is 7.26. The fraction of sp³-hybridized carbons (Fsp3) is 0.591. The van der Waals surface area contributed by atoms with E-state index in [-0.39, 0.29) is 11.9 Å². The molecule has 1 aromatic heterocycles. The number of rotatable bonds is 11. The smallest absolute Gasteiger partial charge is 0.280 e. The quantitative estimate of drug-likeness (QED) is 0.469. The fourth-order valence-corrected chi connectivity index (χ4v) is 4.57. The lowest BCUT2D eigenvalue weighted by Gasteiger charge is -2.23. The van der Waals surface area contributed by atoms with E-state index in [0.717, 1.165) is 36.8 Å². The molecule has 0 saturated carbocycles. The van der Waals surface area contributed by atoms with Gasteiger partial charge in [0, 0.05) is 19.7 Å². The number of amides is 1. The van der Waals surface area contributed by atoms with E-state index in [1.165, 1.54) is 11.8 Å². The van der Waals surface area contributed by atoms with Crippen LogP contribution in [0.25, 0.3) is 0 Å². The second kappa shape index (κ2) is 11.0. The predicted molar refractivity (Wildman–Crippen MR) is 126 cm³/mol. The number of carbonyl (C=O) groups excluding carboxylic acids is 1. The number of thioether (sulfide) groups is 1. The molecule has 1 aliphatic carbocycles. The van der Waals surface area contributed by atoms with Crippen molar-refractivity contribution >= 4 is 29.2 Å². The van der Waals surface area contributed by atoms with Gasteiger partial charge in [-0.2, -0.15) is 4.99 Å². The molecular formula is C22H32N6O3S. The first kappa shape index (κ1) is 24.3. The van der Waals surface area contributed by atoms with Crippen LogP contribution < -0.4 is 0 Å². The maximum Gasteiger partial charge on any atom is 0.280 e. The minimum atomic E-state index is -0.414. The average molecular weight is 461 g/mol. The number of nitrogens with zero attached hydrogens (tertiary/aromatic N) is 6. The predicted octanol–water partition coefficient (Wildman–Crippen LogP) is 3.05. The van der Waals surface area contributed by atoms with E-state index in [2.05, 4.69) is 57.6 Å². The highest BCUT2D eigenvalue weighted by Gasteiger charge is 2.29. The van der Waals surface area contributed by atoms with Crippen LogP contribution in [0, 0.1) is 0 Å². The molecule has 0 aromatic carbocycles. The lowest BCUT2D eigenvalue weighted by atomic mass is 9.99. The molecule has 174 valence electrons. The highest BCUT2D eigenvalue weighted by atomic mass is 32.2. The summed E-state index contributed by atoms with van der Waals surface area (Å²) in [5.74, 6) is 2.15. The monoisotopic (exact) mass is 460 g/mol. The summed E-state index contributed by atoms with van der Waals surface area (Å²) in [6.45, 7) is 5.18. The normalized spacial score (nSPS) is 19.2. The van der Waals surface area contributed by atoms with Crippen molar-refractivity contribution in [2.45, 2.75) is 57.0 Å². The number of carbonyl (C=O) groups is 1. The number of fused-ring (bicyclic) bond motifs is 1. The number of methoxy groups -OCH3 is 2. The molecule has 0 N–H and O–H groups in total. The number of aromatic nitrogens is 3. The molecule has 9 nitrogen and oxygen atoms in total. The van der Waals surface area contributed by atoms with Crippen molar-refractivity contribution in [3.63, 3.8) is 0 Å². The van der Waals surface area contributed by atoms with Gasteiger partial charge in [-0.15, -0.1) is 10.2 Å². The topological polar surface area (TPSA) is 94.2 Å². The molecule has 2 heterocycles. The molecule has 10 heteroatoms. The number of hydrogen-bond donors (Lipinski definition) is 0. The Kier molecular flexibility index (Phi) is 8.38. The average Bonchev–Trinajstić information content (AvgIpc) is 3.17. The van der Waals surface area contributed by atoms with Gasteiger partial charge in [0.1, 0.15) is 17.7 Å². The Morgan fingerprint density at radius 2 is 2.00 bits per heavy atom. The number of ether oxygens (including phenoxy) is 2. The zero-order valence-electron chi connectivity index (χ0n) is 19.7. The van der Waals surface area contributed by atoms with Gasteiger partial charge in [-0.25, -0.2) is 4.99 Å². The Labute approximate surface area is 193 Å². The first-order valence-corrected chi connectivity index (χ1v) is 11.8. The van der Waals surface area contributed by atoms with E-state index < -0.39 is 6.10 Å². The molecule has 0 fully saturated rings. The van der Waals surface area contributed by atoms with Crippen molar-refractivity contribution < 1.29 is 14.3 Å². The number of unbranched alkanes of at least 4 members (excludes halogenated alkanes) is 1. The summed E-state index contributed by atoms with van der Waals surface area (Å²) < 4.78 is 12.9. The molecule has 2 atom stereocenters. The van der Waals surface area contributed by atoms with Crippen molar-refractivity contribution in [3.8, 4) is 0 Å². The van der Waals surface area contributed by atoms with Crippen LogP contribution in [0.4, 0.5) is 0 Å². The summed E-state index contributed by atoms with van der Waals surface area (Å²) in [6.07, 6.45) is 6.11. The van der Waals surface area contributed by atoms with Crippen molar-refractivity contribution in [3.05, 3.63) is 29.3 Å². The molecule has 2 aliphatic rings.